The van der Waals surface area contributed by atoms with Crippen LogP contribution in [0.1, 0.15) is 17.3 Å². The quantitative estimate of drug-likeness (QED) is 0.550. The Morgan fingerprint density at radius 1 is 1.12 bits per heavy atom. The highest BCUT2D eigenvalue weighted by molar-refractivity contribution is 6.00. The molecule has 26 heavy (non-hydrogen) atoms. The lowest BCUT2D eigenvalue weighted by Gasteiger charge is -2.11. The molecule has 1 heterocycles. The van der Waals surface area contributed by atoms with Crippen molar-refractivity contribution in [3.05, 3.63) is 60.2 Å². The first-order valence-corrected chi connectivity index (χ1v) is 8.44. The lowest BCUT2D eigenvalue weighted by molar-refractivity contribution is 0.0601. The summed E-state index contributed by atoms with van der Waals surface area (Å²) in [5, 5.41) is 2.17. The number of methoxy groups -OCH3 is 1. The molecule has 0 aliphatic rings. The molecule has 5 nitrogen and oxygen atoms in total. The van der Waals surface area contributed by atoms with Gasteiger partial charge < -0.3 is 14.5 Å². The highest BCUT2D eigenvalue weighted by Crippen LogP contribution is 2.36. The molecule has 0 amide bonds. The van der Waals surface area contributed by atoms with Crippen molar-refractivity contribution in [2.24, 2.45) is 0 Å². The first kappa shape index (κ1) is 16.1. The molecule has 0 bridgehead atoms. The molecule has 3 aromatic carbocycles. The Hall–Kier alpha value is -3.34. The number of rotatable bonds is 4. The molecule has 0 radical (unpaired) electrons. The number of ether oxygens (including phenoxy) is 2. The molecule has 130 valence electrons. The summed E-state index contributed by atoms with van der Waals surface area (Å²) in [6.45, 7) is 2.53. The van der Waals surface area contributed by atoms with Gasteiger partial charge in [0, 0.05) is 0 Å². The monoisotopic (exact) mass is 346 g/mol. The van der Waals surface area contributed by atoms with E-state index < -0.39 is 0 Å². The van der Waals surface area contributed by atoms with E-state index in [4.69, 9.17) is 14.5 Å². The summed E-state index contributed by atoms with van der Waals surface area (Å²) in [6.07, 6.45) is 0. The van der Waals surface area contributed by atoms with Crippen LogP contribution in [0.15, 0.2) is 54.6 Å². The molecule has 4 aromatic rings. The van der Waals surface area contributed by atoms with Gasteiger partial charge in [0.05, 0.1) is 35.9 Å². The highest BCUT2D eigenvalue weighted by atomic mass is 16.5. The van der Waals surface area contributed by atoms with E-state index in [1.54, 1.807) is 12.1 Å². The maximum absolute atomic E-state index is 11.8. The van der Waals surface area contributed by atoms with Gasteiger partial charge in [0.15, 0.2) is 0 Å². The van der Waals surface area contributed by atoms with Gasteiger partial charge in [-0.05, 0) is 42.0 Å². The standard InChI is InChI=1S/C21H18N2O3/c1-3-26-18-11-9-13-6-4-5-7-15(13)19(18)20-22-16-10-8-14(21(24)25-2)12-17(16)23-20/h4-12H,3H2,1-2H3,(H,22,23). The summed E-state index contributed by atoms with van der Waals surface area (Å²) in [5.74, 6) is 1.11. The molecular weight excluding hydrogens is 328 g/mol. The predicted molar refractivity (Wildman–Crippen MR) is 102 cm³/mol. The van der Waals surface area contributed by atoms with E-state index in [1.807, 2.05) is 37.3 Å². The summed E-state index contributed by atoms with van der Waals surface area (Å²) in [6, 6.07) is 17.4. The third-order valence-corrected chi connectivity index (χ3v) is 4.33. The Kier molecular flexibility index (Phi) is 4.05. The minimum atomic E-state index is -0.372. The van der Waals surface area contributed by atoms with Gasteiger partial charge in [-0.3, -0.25) is 0 Å². The fourth-order valence-electron chi connectivity index (χ4n) is 3.14. The van der Waals surface area contributed by atoms with Crippen LogP contribution in [-0.2, 0) is 4.74 Å². The van der Waals surface area contributed by atoms with Crippen molar-refractivity contribution < 1.29 is 14.3 Å². The summed E-state index contributed by atoms with van der Waals surface area (Å²) in [5.41, 5.74) is 2.96. The number of esters is 1. The second-order valence-electron chi connectivity index (χ2n) is 5.90. The molecular formula is C21H18N2O3. The minimum absolute atomic E-state index is 0.372. The molecule has 4 rings (SSSR count). The minimum Gasteiger partial charge on any atom is -0.493 e. The molecule has 5 heteroatoms. The van der Waals surface area contributed by atoms with Crippen LogP contribution in [0.5, 0.6) is 5.75 Å². The predicted octanol–water partition coefficient (Wildman–Crippen LogP) is 4.57. The molecule has 0 saturated carbocycles. The number of carbonyl (C=O) groups is 1. The molecule has 0 saturated heterocycles. The van der Waals surface area contributed by atoms with Gasteiger partial charge in [-0.15, -0.1) is 0 Å². The van der Waals surface area contributed by atoms with Crippen molar-refractivity contribution in [3.63, 3.8) is 0 Å². The number of benzene rings is 3. The van der Waals surface area contributed by atoms with Crippen LogP contribution < -0.4 is 4.74 Å². The Morgan fingerprint density at radius 2 is 1.96 bits per heavy atom. The van der Waals surface area contributed by atoms with Crippen LogP contribution in [-0.4, -0.2) is 29.7 Å². The average Bonchev–Trinajstić information content (AvgIpc) is 3.10. The van der Waals surface area contributed by atoms with Crippen LogP contribution in [0.25, 0.3) is 33.2 Å². The van der Waals surface area contributed by atoms with E-state index in [0.717, 1.165) is 33.1 Å². The zero-order valence-corrected chi connectivity index (χ0v) is 14.6. The summed E-state index contributed by atoms with van der Waals surface area (Å²) in [4.78, 5) is 19.8. The molecule has 0 atom stereocenters. The number of nitrogens with one attached hydrogen (secondary N) is 1. The molecule has 0 spiro atoms. The first-order valence-electron chi connectivity index (χ1n) is 8.44. The average molecular weight is 346 g/mol. The van der Waals surface area contributed by atoms with Crippen LogP contribution in [0.4, 0.5) is 0 Å². The van der Waals surface area contributed by atoms with Gasteiger partial charge in [-0.2, -0.15) is 0 Å². The Balaban J connectivity index is 1.94. The van der Waals surface area contributed by atoms with Crippen LogP contribution in [0.3, 0.4) is 0 Å². The van der Waals surface area contributed by atoms with Crippen molar-refractivity contribution in [2.45, 2.75) is 6.92 Å². The van der Waals surface area contributed by atoms with Gasteiger partial charge in [-0.25, -0.2) is 9.78 Å². The van der Waals surface area contributed by atoms with E-state index in [2.05, 4.69) is 17.1 Å². The van der Waals surface area contributed by atoms with Gasteiger partial charge >= 0.3 is 5.97 Å². The lowest BCUT2D eigenvalue weighted by Crippen LogP contribution is -2.00. The van der Waals surface area contributed by atoms with Gasteiger partial charge in [0.25, 0.3) is 0 Å². The normalized spacial score (nSPS) is 11.0. The third kappa shape index (κ3) is 2.67. The van der Waals surface area contributed by atoms with Crippen molar-refractivity contribution in [1.82, 2.24) is 9.97 Å². The number of nitrogens with zero attached hydrogens (tertiary/aromatic N) is 1. The smallest absolute Gasteiger partial charge is 0.337 e. The van der Waals surface area contributed by atoms with Crippen molar-refractivity contribution in [2.75, 3.05) is 13.7 Å². The summed E-state index contributed by atoms with van der Waals surface area (Å²) in [7, 11) is 1.37. The Morgan fingerprint density at radius 3 is 2.77 bits per heavy atom. The van der Waals surface area contributed by atoms with Crippen LogP contribution >= 0.6 is 0 Å². The number of hydrogen-bond donors (Lipinski definition) is 1. The van der Waals surface area contributed by atoms with Gasteiger partial charge in [0.1, 0.15) is 11.6 Å². The van der Waals surface area contributed by atoms with Crippen molar-refractivity contribution >= 4 is 27.8 Å². The second-order valence-corrected chi connectivity index (χ2v) is 5.90. The SMILES string of the molecule is CCOc1ccc2ccccc2c1-c1nc2ccc(C(=O)OC)cc2[nH]1. The van der Waals surface area contributed by atoms with Crippen LogP contribution in [0, 0.1) is 0 Å². The van der Waals surface area contributed by atoms with E-state index in [0.29, 0.717) is 18.0 Å². The highest BCUT2D eigenvalue weighted by Gasteiger charge is 2.16. The summed E-state index contributed by atoms with van der Waals surface area (Å²) < 4.78 is 10.6. The largest absolute Gasteiger partial charge is 0.493 e. The number of aromatic amines is 1. The fourth-order valence-corrected chi connectivity index (χ4v) is 3.14. The zero-order valence-electron chi connectivity index (χ0n) is 14.6. The lowest BCUT2D eigenvalue weighted by atomic mass is 10.0. The number of imidazole rings is 1. The van der Waals surface area contributed by atoms with Gasteiger partial charge in [0.2, 0.25) is 0 Å². The fraction of sp³-hybridized carbons (Fsp3) is 0.143. The Labute approximate surface area is 150 Å². The number of hydrogen-bond acceptors (Lipinski definition) is 4. The van der Waals surface area contributed by atoms with E-state index in [1.165, 1.54) is 7.11 Å². The van der Waals surface area contributed by atoms with E-state index in [9.17, 15) is 4.79 Å². The van der Waals surface area contributed by atoms with E-state index >= 15 is 0 Å². The zero-order chi connectivity index (χ0) is 18.1. The van der Waals surface area contributed by atoms with Gasteiger partial charge in [-0.1, -0.05) is 30.3 Å². The molecule has 0 unspecified atom stereocenters. The Bertz CT molecular complexity index is 1110. The number of aromatic nitrogens is 2. The number of fused-ring (bicyclic) bond motifs is 2. The number of H-pyrrole nitrogens is 1. The molecule has 1 N–H and O–H groups in total. The topological polar surface area (TPSA) is 64.2 Å². The van der Waals surface area contributed by atoms with Crippen LogP contribution in [0.2, 0.25) is 0 Å². The molecule has 0 fully saturated rings. The second kappa shape index (κ2) is 6.52. The third-order valence-electron chi connectivity index (χ3n) is 4.33. The summed E-state index contributed by atoms with van der Waals surface area (Å²) >= 11 is 0. The van der Waals surface area contributed by atoms with E-state index in [-0.39, 0.29) is 5.97 Å². The molecule has 1 aromatic heterocycles. The number of carbonyl (C=O) groups excluding carboxylic acids is 1. The first-order chi connectivity index (χ1) is 12.7. The molecule has 0 aliphatic heterocycles. The maximum atomic E-state index is 11.8. The maximum Gasteiger partial charge on any atom is 0.337 e. The molecule has 0 aliphatic carbocycles. The van der Waals surface area contributed by atoms with Crippen molar-refractivity contribution in [3.8, 4) is 17.1 Å². The van der Waals surface area contributed by atoms with Crippen molar-refractivity contribution in [1.29, 1.82) is 0 Å².